The Morgan fingerprint density at radius 1 is 1.07 bits per heavy atom. The third-order valence-corrected chi connectivity index (χ3v) is 7.90. The molecule has 8 nitrogen and oxygen atoms in total. The lowest BCUT2D eigenvalue weighted by molar-refractivity contribution is -0.140. The lowest BCUT2D eigenvalue weighted by Gasteiger charge is -2.23. The van der Waals surface area contributed by atoms with Crippen LogP contribution in [0.3, 0.4) is 0 Å². The van der Waals surface area contributed by atoms with E-state index in [0.717, 1.165) is 0 Å². The van der Waals surface area contributed by atoms with Crippen LogP contribution in [0.4, 0.5) is 11.4 Å². The Hall–Kier alpha value is -0.360. The molecular weight excluding hydrogens is 741 g/mol. The monoisotopic (exact) mass is 760 g/mol. The van der Waals surface area contributed by atoms with Gasteiger partial charge in [0.05, 0.1) is 41.2 Å². The number of amides is 2. The first-order chi connectivity index (χ1) is 13.5. The van der Waals surface area contributed by atoms with Crippen LogP contribution < -0.4 is 10.2 Å². The molecule has 2 N–H and O–H groups in total. The summed E-state index contributed by atoms with van der Waals surface area (Å²) in [6, 6.07) is 0. The number of anilines is 2. The third-order valence-electron chi connectivity index (χ3n) is 3.73. The van der Waals surface area contributed by atoms with Gasteiger partial charge < -0.3 is 20.1 Å². The smallest absolute Gasteiger partial charge is 0.338 e. The largest absolute Gasteiger partial charge is 0.478 e. The number of halogens is 3. The molecule has 12 heteroatoms. The standard InChI is InChI=1S/C17H19I3N2O6S/c1-8(23)22(2)16-13(19)11(17(26)27)12(18)15(14(16)20)21-9(24)4-6-29-7-5-10(25)28-3/h4-7H2,1-3H3,(H,21,24)(H,26,27). The van der Waals surface area contributed by atoms with Crippen LogP contribution in [0, 0.1) is 10.7 Å². The van der Waals surface area contributed by atoms with E-state index < -0.39 is 5.97 Å². The maximum absolute atomic E-state index is 12.4. The van der Waals surface area contributed by atoms with Crippen LogP contribution in [0.5, 0.6) is 0 Å². The predicted octanol–water partition coefficient (Wildman–Crippen LogP) is 3.81. The van der Waals surface area contributed by atoms with E-state index >= 15 is 0 Å². The molecule has 0 aliphatic rings. The first-order valence-electron chi connectivity index (χ1n) is 8.15. The summed E-state index contributed by atoms with van der Waals surface area (Å²) in [5, 5.41) is 12.4. The molecule has 0 aromatic heterocycles. The molecule has 0 bridgehead atoms. The number of rotatable bonds is 9. The number of hydrogen-bond acceptors (Lipinski definition) is 6. The Morgan fingerprint density at radius 3 is 2.17 bits per heavy atom. The number of nitrogens with zero attached hydrogens (tertiary/aromatic N) is 1. The fourth-order valence-electron chi connectivity index (χ4n) is 2.13. The highest BCUT2D eigenvalue weighted by atomic mass is 127. The number of nitrogens with one attached hydrogen (secondary N) is 1. The number of aromatic carboxylic acids is 1. The first kappa shape index (κ1) is 26.7. The van der Waals surface area contributed by atoms with Gasteiger partial charge in [0.15, 0.2) is 0 Å². The highest BCUT2D eigenvalue weighted by molar-refractivity contribution is 14.1. The minimum atomic E-state index is -1.14. The molecule has 0 saturated heterocycles. The Kier molecular flexibility index (Phi) is 11.5. The molecule has 0 unspecified atom stereocenters. The minimum Gasteiger partial charge on any atom is -0.478 e. The van der Waals surface area contributed by atoms with E-state index in [1.54, 1.807) is 7.05 Å². The summed E-state index contributed by atoms with van der Waals surface area (Å²) in [6.45, 7) is 1.38. The highest BCUT2D eigenvalue weighted by Crippen LogP contribution is 2.40. The number of benzene rings is 1. The quantitative estimate of drug-likeness (QED) is 0.224. The van der Waals surface area contributed by atoms with E-state index in [9.17, 15) is 24.3 Å². The van der Waals surface area contributed by atoms with Crippen molar-refractivity contribution >= 4 is 115 Å². The summed E-state index contributed by atoms with van der Waals surface area (Å²) in [5.41, 5.74) is 0.855. The van der Waals surface area contributed by atoms with Crippen LogP contribution in [-0.4, -0.2) is 54.5 Å². The maximum atomic E-state index is 12.4. The molecule has 0 saturated carbocycles. The maximum Gasteiger partial charge on any atom is 0.338 e. The van der Waals surface area contributed by atoms with Crippen molar-refractivity contribution in [1.82, 2.24) is 0 Å². The van der Waals surface area contributed by atoms with Crippen molar-refractivity contribution in [3.63, 3.8) is 0 Å². The van der Waals surface area contributed by atoms with Gasteiger partial charge in [-0.2, -0.15) is 11.8 Å². The number of ether oxygens (including phenoxy) is 1. The van der Waals surface area contributed by atoms with Crippen LogP contribution in [0.1, 0.15) is 30.1 Å². The predicted molar refractivity (Wildman–Crippen MR) is 138 cm³/mol. The molecule has 0 aliphatic heterocycles. The molecule has 1 aromatic carbocycles. The number of carbonyl (C=O) groups excluding carboxylic acids is 3. The average Bonchev–Trinajstić information content (AvgIpc) is 2.64. The van der Waals surface area contributed by atoms with Gasteiger partial charge in [0.25, 0.3) is 0 Å². The Labute approximate surface area is 213 Å². The van der Waals surface area contributed by atoms with E-state index in [1.807, 2.05) is 67.8 Å². The van der Waals surface area contributed by atoms with Crippen molar-refractivity contribution in [3.8, 4) is 0 Å². The van der Waals surface area contributed by atoms with Gasteiger partial charge >= 0.3 is 11.9 Å². The normalized spacial score (nSPS) is 10.4. The first-order valence-corrected chi connectivity index (χ1v) is 12.5. The van der Waals surface area contributed by atoms with Crippen molar-refractivity contribution < 1.29 is 29.0 Å². The zero-order chi connectivity index (χ0) is 22.3. The molecule has 0 fully saturated rings. The summed E-state index contributed by atoms with van der Waals surface area (Å²) in [6.07, 6.45) is 0.475. The van der Waals surface area contributed by atoms with E-state index in [2.05, 4.69) is 10.1 Å². The second-order valence-electron chi connectivity index (χ2n) is 5.66. The Morgan fingerprint density at radius 2 is 1.66 bits per heavy atom. The molecule has 0 atom stereocenters. The SMILES string of the molecule is COC(=O)CCSCCC(=O)Nc1c(I)c(C(=O)O)c(I)c(N(C)C(C)=O)c1I. The van der Waals surface area contributed by atoms with Crippen molar-refractivity contribution in [2.45, 2.75) is 19.8 Å². The topological polar surface area (TPSA) is 113 Å². The van der Waals surface area contributed by atoms with Crippen molar-refractivity contribution in [2.75, 3.05) is 35.9 Å². The zero-order valence-electron chi connectivity index (χ0n) is 15.8. The fraction of sp³-hybridized carbons (Fsp3) is 0.412. The van der Waals surface area contributed by atoms with Gasteiger partial charge in [-0.1, -0.05) is 0 Å². The number of thioether (sulfide) groups is 1. The molecule has 2 amide bonds. The molecule has 29 heavy (non-hydrogen) atoms. The van der Waals surface area contributed by atoms with E-state index in [1.165, 1.54) is 30.7 Å². The molecule has 1 aromatic rings. The summed E-state index contributed by atoms with van der Waals surface area (Å²) < 4.78 is 5.98. The second kappa shape index (κ2) is 12.5. The average molecular weight is 760 g/mol. The minimum absolute atomic E-state index is 0.0393. The third kappa shape index (κ3) is 7.37. The molecule has 1 rings (SSSR count). The summed E-state index contributed by atoms with van der Waals surface area (Å²) in [5.74, 6) is -0.907. The van der Waals surface area contributed by atoms with E-state index in [4.69, 9.17) is 0 Å². The molecule has 0 heterocycles. The summed E-state index contributed by atoms with van der Waals surface area (Å²) in [7, 11) is 2.89. The van der Waals surface area contributed by atoms with Gasteiger partial charge in [0, 0.05) is 31.9 Å². The Bertz CT molecular complexity index is 834. The number of esters is 1. The second-order valence-corrected chi connectivity index (χ2v) is 10.1. The van der Waals surface area contributed by atoms with Crippen molar-refractivity contribution in [2.24, 2.45) is 0 Å². The fourth-order valence-corrected chi connectivity index (χ4v) is 7.59. The van der Waals surface area contributed by atoms with Crippen LogP contribution in [0.15, 0.2) is 0 Å². The lowest BCUT2D eigenvalue weighted by atomic mass is 10.1. The number of carbonyl (C=O) groups is 4. The number of methoxy groups -OCH3 is 1. The van der Waals surface area contributed by atoms with Gasteiger partial charge in [0.1, 0.15) is 0 Å². The van der Waals surface area contributed by atoms with Crippen LogP contribution in [0.25, 0.3) is 0 Å². The zero-order valence-corrected chi connectivity index (χ0v) is 23.1. The van der Waals surface area contributed by atoms with Crippen LogP contribution in [0.2, 0.25) is 0 Å². The van der Waals surface area contributed by atoms with Gasteiger partial charge in [-0.15, -0.1) is 0 Å². The van der Waals surface area contributed by atoms with Gasteiger partial charge in [-0.25, -0.2) is 4.79 Å². The molecule has 0 radical (unpaired) electrons. The van der Waals surface area contributed by atoms with Gasteiger partial charge in [-0.05, 0) is 67.8 Å². The lowest BCUT2D eigenvalue weighted by Crippen LogP contribution is -2.27. The summed E-state index contributed by atoms with van der Waals surface area (Å²) >= 11 is 7.27. The Balaban J connectivity index is 3.06. The number of hydrogen-bond donors (Lipinski definition) is 2. The number of carboxylic acids is 1. The molecule has 160 valence electrons. The van der Waals surface area contributed by atoms with Crippen molar-refractivity contribution in [1.29, 1.82) is 0 Å². The van der Waals surface area contributed by atoms with E-state index in [0.29, 0.717) is 33.6 Å². The van der Waals surface area contributed by atoms with Crippen molar-refractivity contribution in [3.05, 3.63) is 16.3 Å². The van der Waals surface area contributed by atoms with Gasteiger partial charge in [-0.3, -0.25) is 14.4 Å². The van der Waals surface area contributed by atoms with Crippen LogP contribution in [-0.2, 0) is 19.1 Å². The molecular formula is C17H19I3N2O6S. The van der Waals surface area contributed by atoms with Crippen LogP contribution >= 0.6 is 79.5 Å². The summed E-state index contributed by atoms with van der Waals surface area (Å²) in [4.78, 5) is 48.5. The molecule has 0 spiro atoms. The number of carboxylic acid groups (broad SMARTS) is 1. The van der Waals surface area contributed by atoms with Gasteiger partial charge in [0.2, 0.25) is 11.8 Å². The van der Waals surface area contributed by atoms with E-state index in [-0.39, 0.29) is 36.2 Å². The molecule has 0 aliphatic carbocycles. The highest BCUT2D eigenvalue weighted by Gasteiger charge is 2.27.